The van der Waals surface area contributed by atoms with Gasteiger partial charge in [-0.05, 0) is 58.4 Å². The second kappa shape index (κ2) is 10.2. The smallest absolute Gasteiger partial charge is 0.463 e. The van der Waals surface area contributed by atoms with Gasteiger partial charge in [0.1, 0.15) is 0 Å². The van der Waals surface area contributed by atoms with Crippen molar-refractivity contribution in [2.75, 3.05) is 13.2 Å². The molecule has 0 N–H and O–H groups in total. The highest BCUT2D eigenvalue weighted by Crippen LogP contribution is 2.28. The van der Waals surface area contributed by atoms with Crippen molar-refractivity contribution in [1.29, 1.82) is 0 Å². The number of hydrogen-bond donors (Lipinski definition) is 0. The van der Waals surface area contributed by atoms with E-state index in [0.717, 1.165) is 30.5 Å². The second-order valence-electron chi connectivity index (χ2n) is 6.85. The number of allylic oxidation sites excluding steroid dienone is 1. The highest BCUT2D eigenvalue weighted by atomic mass is 28.5. The third-order valence-electron chi connectivity index (χ3n) is 3.48. The molecule has 0 aromatic rings. The predicted molar refractivity (Wildman–Crippen MR) is 99.1 cm³/mol. The maximum absolute atomic E-state index is 11.5. The summed E-state index contributed by atoms with van der Waals surface area (Å²) in [6, 6.07) is 1.94. The van der Waals surface area contributed by atoms with Crippen molar-refractivity contribution >= 4 is 42.9 Å². The number of hydrogen-bond acceptors (Lipinski definition) is 6. The molecule has 1 saturated heterocycles. The number of esters is 1. The molecule has 6 nitrogen and oxygen atoms in total. The van der Waals surface area contributed by atoms with Gasteiger partial charge in [0.2, 0.25) is 10.5 Å². The number of carbonyl (C=O) groups is 1. The van der Waals surface area contributed by atoms with Crippen LogP contribution in [0.4, 0.5) is 0 Å². The summed E-state index contributed by atoms with van der Waals surface area (Å²) in [5.41, 5.74) is 0.942. The monoisotopic (exact) mass is 404 g/mol. The Hall–Kier alpha value is -0.0825. The lowest BCUT2D eigenvalue weighted by Gasteiger charge is -2.35. The molecule has 1 heterocycles. The fourth-order valence-corrected chi connectivity index (χ4v) is 13.7. The largest absolute Gasteiger partial charge is 0.556 e. The molecule has 0 aromatic carbocycles. The zero-order chi connectivity index (χ0) is 18.2. The first-order chi connectivity index (χ1) is 11.2. The molecule has 0 bridgehead atoms. The molecule has 1 rings (SSSR count). The zero-order valence-electron chi connectivity index (χ0n) is 15.3. The van der Waals surface area contributed by atoms with Crippen molar-refractivity contribution < 1.29 is 26.3 Å². The van der Waals surface area contributed by atoms with E-state index in [1.807, 2.05) is 26.9 Å². The molecular weight excluding hydrogens is 376 g/mol. The Labute approximate surface area is 152 Å². The van der Waals surface area contributed by atoms with E-state index in [4.69, 9.17) is 21.5 Å². The van der Waals surface area contributed by atoms with E-state index in [1.165, 1.54) is 6.08 Å². The van der Waals surface area contributed by atoms with Crippen molar-refractivity contribution in [2.45, 2.75) is 58.4 Å². The molecule has 0 aliphatic carbocycles. The normalized spacial score (nSPS) is 25.2. The molecule has 4 radical (unpaired) electrons. The molecule has 10 heteroatoms. The molecule has 24 heavy (non-hydrogen) atoms. The van der Waals surface area contributed by atoms with Crippen molar-refractivity contribution in [3.63, 3.8) is 0 Å². The molecule has 0 aromatic heterocycles. The fourth-order valence-electron chi connectivity index (χ4n) is 2.62. The van der Waals surface area contributed by atoms with E-state index in [-0.39, 0.29) is 5.97 Å². The molecule has 0 spiro atoms. The average molecular weight is 405 g/mol. The molecule has 0 amide bonds. The number of carbonyl (C=O) groups excluding carboxylic acids is 1. The minimum Gasteiger partial charge on any atom is -0.463 e. The van der Waals surface area contributed by atoms with Gasteiger partial charge in [0.05, 0.1) is 6.61 Å². The molecule has 1 unspecified atom stereocenters. The van der Waals surface area contributed by atoms with Crippen LogP contribution in [0.1, 0.15) is 26.7 Å². The first-order valence-electron chi connectivity index (χ1n) is 8.20. The highest BCUT2D eigenvalue weighted by molar-refractivity contribution is 6.84. The van der Waals surface area contributed by atoms with Crippen LogP contribution in [-0.4, -0.2) is 56.1 Å². The summed E-state index contributed by atoms with van der Waals surface area (Å²) in [5.74, 6) is -0.273. The van der Waals surface area contributed by atoms with Crippen LogP contribution < -0.4 is 0 Å². The summed E-state index contributed by atoms with van der Waals surface area (Å²) in [5, 5.41) is 0. The molecule has 1 aliphatic rings. The molecule has 0 saturated carbocycles. The molecule has 136 valence electrons. The van der Waals surface area contributed by atoms with Crippen molar-refractivity contribution in [3.05, 3.63) is 11.6 Å². The predicted octanol–water partition coefficient (Wildman–Crippen LogP) is 2.70. The maximum atomic E-state index is 11.5. The van der Waals surface area contributed by atoms with Crippen LogP contribution in [0.2, 0.25) is 31.7 Å². The standard InChI is InChI=1S/C14H28O6Si4/c1-13(2)12-14(15)16-8-6-10-24(5)11-7-9-17-22(18-21)19-23(3,4)20-24/h12H,6-11H2,1-5H3. The van der Waals surface area contributed by atoms with Gasteiger partial charge in [0.25, 0.3) is 0 Å². The lowest BCUT2D eigenvalue weighted by Crippen LogP contribution is -2.50. The quantitative estimate of drug-likeness (QED) is 0.293. The van der Waals surface area contributed by atoms with Crippen LogP contribution in [0, 0.1) is 0 Å². The first-order valence-corrected chi connectivity index (χ1v) is 15.5. The Morgan fingerprint density at radius 3 is 2.67 bits per heavy atom. The van der Waals surface area contributed by atoms with Crippen LogP contribution in [-0.2, 0) is 26.3 Å². The highest BCUT2D eigenvalue weighted by Gasteiger charge is 2.41. The summed E-state index contributed by atoms with van der Waals surface area (Å²) in [7, 11) is -3.00. The van der Waals surface area contributed by atoms with E-state index >= 15 is 0 Å². The van der Waals surface area contributed by atoms with Gasteiger partial charge < -0.3 is 21.5 Å². The second-order valence-corrected chi connectivity index (χ2v) is 16.8. The van der Waals surface area contributed by atoms with Gasteiger partial charge in [0, 0.05) is 12.7 Å². The van der Waals surface area contributed by atoms with Crippen LogP contribution in [0.3, 0.4) is 0 Å². The summed E-state index contributed by atoms with van der Waals surface area (Å²) in [6.45, 7) is 11.1. The molecule has 1 aliphatic heterocycles. The zero-order valence-corrected chi connectivity index (χ0v) is 19.3. The van der Waals surface area contributed by atoms with Crippen LogP contribution in [0.15, 0.2) is 11.6 Å². The number of ether oxygens (including phenoxy) is 1. The summed E-state index contributed by atoms with van der Waals surface area (Å²) < 4.78 is 28.5. The van der Waals surface area contributed by atoms with Gasteiger partial charge in [-0.1, -0.05) is 5.57 Å². The molecule has 1 atom stereocenters. The van der Waals surface area contributed by atoms with E-state index in [1.54, 1.807) is 0 Å². The van der Waals surface area contributed by atoms with Gasteiger partial charge in [-0.2, -0.15) is 0 Å². The molecular formula is C14H28O6Si4. The van der Waals surface area contributed by atoms with Gasteiger partial charge in [-0.25, -0.2) is 4.79 Å². The maximum Gasteiger partial charge on any atom is 0.556 e. The summed E-state index contributed by atoms with van der Waals surface area (Å²) >= 11 is 0. The van der Waals surface area contributed by atoms with E-state index in [0.29, 0.717) is 13.2 Å². The van der Waals surface area contributed by atoms with Crippen LogP contribution >= 0.6 is 0 Å². The minimum atomic E-state index is -2.32. The topological polar surface area (TPSA) is 63.2 Å². The van der Waals surface area contributed by atoms with Crippen LogP contribution in [0.5, 0.6) is 0 Å². The van der Waals surface area contributed by atoms with Crippen molar-refractivity contribution in [3.8, 4) is 0 Å². The third-order valence-corrected chi connectivity index (χ3v) is 14.0. The average Bonchev–Trinajstić information content (AvgIpc) is 2.50. The van der Waals surface area contributed by atoms with Gasteiger partial charge in [0.15, 0.2) is 8.32 Å². The Morgan fingerprint density at radius 2 is 2.04 bits per heavy atom. The lowest BCUT2D eigenvalue weighted by molar-refractivity contribution is -0.137. The summed E-state index contributed by atoms with van der Waals surface area (Å²) in [4.78, 5) is 11.5. The minimum absolute atomic E-state index is 0.273. The van der Waals surface area contributed by atoms with Gasteiger partial charge in [-0.3, -0.25) is 0 Å². The first kappa shape index (κ1) is 22.0. The Morgan fingerprint density at radius 1 is 1.33 bits per heavy atom. The van der Waals surface area contributed by atoms with Gasteiger partial charge >= 0.3 is 24.1 Å². The third kappa shape index (κ3) is 8.85. The van der Waals surface area contributed by atoms with Crippen molar-refractivity contribution in [2.24, 2.45) is 0 Å². The van der Waals surface area contributed by atoms with Crippen molar-refractivity contribution in [1.82, 2.24) is 0 Å². The summed E-state index contributed by atoms with van der Waals surface area (Å²) in [6.07, 6.45) is 3.25. The fraction of sp³-hybridized carbons (Fsp3) is 0.786. The Bertz CT molecular complexity index is 441. The Kier molecular flexibility index (Phi) is 9.30. The van der Waals surface area contributed by atoms with Gasteiger partial charge in [-0.15, -0.1) is 0 Å². The van der Waals surface area contributed by atoms with E-state index < -0.39 is 26.4 Å². The van der Waals surface area contributed by atoms with E-state index in [9.17, 15) is 4.79 Å². The number of rotatable bonds is 6. The SMILES string of the molecule is CC(C)=CC(=O)OCCC[Si]1(C)CCCO[Si](O[Si])O[Si](C)(C)O1. The van der Waals surface area contributed by atoms with E-state index in [2.05, 4.69) is 17.0 Å². The molecule has 1 fully saturated rings. The lowest BCUT2D eigenvalue weighted by atomic mass is 10.3. The Balaban J connectivity index is 2.54. The van der Waals surface area contributed by atoms with Crippen LogP contribution in [0.25, 0.3) is 0 Å².